The molecule has 2 fully saturated rings. The minimum Gasteiger partial charge on any atom is -0.337 e. The third-order valence-electron chi connectivity index (χ3n) is 9.86. The van der Waals surface area contributed by atoms with E-state index >= 15 is 0 Å². The molecule has 2 aliphatic heterocycles. The number of rotatable bonds is 3. The van der Waals surface area contributed by atoms with Crippen molar-refractivity contribution in [3.8, 4) is 11.1 Å². The topological polar surface area (TPSA) is 174 Å². The Hall–Kier alpha value is -5.36. The molecule has 2 N–H and O–H groups in total. The van der Waals surface area contributed by atoms with Crippen LogP contribution in [0.25, 0.3) is 32.9 Å². The van der Waals surface area contributed by atoms with Gasteiger partial charge in [0.25, 0.3) is 11.1 Å². The Labute approximate surface area is 347 Å². The number of aryl methyl sites for hydroxylation is 2. The predicted molar refractivity (Wildman–Crippen MR) is 230 cm³/mol. The van der Waals surface area contributed by atoms with Gasteiger partial charge in [0.15, 0.2) is 0 Å². The molecule has 0 spiro atoms. The van der Waals surface area contributed by atoms with Crippen LogP contribution in [0.4, 0.5) is 11.9 Å². The first-order chi connectivity index (χ1) is 26.7. The van der Waals surface area contributed by atoms with Crippen LogP contribution in [0, 0.1) is 0 Å². The van der Waals surface area contributed by atoms with Crippen molar-refractivity contribution < 1.29 is 9.59 Å². The molecule has 6 heterocycles. The number of hydrogen-bond acceptors (Lipinski definition) is 10. The number of benzene rings is 2. The van der Waals surface area contributed by atoms with Gasteiger partial charge < -0.3 is 19.6 Å². The second-order valence-corrected chi connectivity index (χ2v) is 15.7. The van der Waals surface area contributed by atoms with Gasteiger partial charge in [-0.15, -0.1) is 0 Å². The van der Waals surface area contributed by atoms with Gasteiger partial charge in [-0.3, -0.25) is 38.7 Å². The van der Waals surface area contributed by atoms with E-state index in [1.54, 1.807) is 58.8 Å². The van der Waals surface area contributed by atoms with Gasteiger partial charge >= 0.3 is 0 Å². The first-order valence-electron chi connectivity index (χ1n) is 18.1. The lowest BCUT2D eigenvalue weighted by atomic mass is 10.1. The molecule has 0 saturated carbocycles. The predicted octanol–water partition coefficient (Wildman–Crippen LogP) is 4.94. The first kappa shape index (κ1) is 42.8. The molecular formula is C39H48Br2N12O4. The minimum absolute atomic E-state index is 0. The Balaban J connectivity index is 0.000000177. The summed E-state index contributed by atoms with van der Waals surface area (Å²) < 4.78 is 4.78. The van der Waals surface area contributed by atoms with E-state index in [1.165, 1.54) is 9.36 Å². The highest BCUT2D eigenvalue weighted by Crippen LogP contribution is 2.23. The molecule has 2 atom stereocenters. The van der Waals surface area contributed by atoms with Crippen molar-refractivity contribution in [3.05, 3.63) is 90.8 Å². The van der Waals surface area contributed by atoms with Crippen molar-refractivity contribution in [2.75, 3.05) is 49.1 Å². The summed E-state index contributed by atoms with van der Waals surface area (Å²) in [6.07, 6.45) is 7.08. The number of hydrogen-bond donors (Lipinski definition) is 2. The molecule has 2 aromatic carbocycles. The maximum absolute atomic E-state index is 12.0. The van der Waals surface area contributed by atoms with Gasteiger partial charge in [0.1, 0.15) is 0 Å². The first-order valence-corrected chi connectivity index (χ1v) is 19.7. The Morgan fingerprint density at radius 3 is 1.53 bits per heavy atom. The molecule has 0 aliphatic carbocycles. The lowest BCUT2D eigenvalue weighted by Gasteiger charge is -2.39. The minimum atomic E-state index is -0.0398. The van der Waals surface area contributed by atoms with Crippen LogP contribution in [0.1, 0.15) is 35.1 Å². The van der Waals surface area contributed by atoms with Crippen molar-refractivity contribution in [3.63, 3.8) is 0 Å². The second kappa shape index (κ2) is 18.3. The van der Waals surface area contributed by atoms with E-state index in [1.807, 2.05) is 54.0 Å². The van der Waals surface area contributed by atoms with Crippen LogP contribution >= 0.6 is 31.9 Å². The Morgan fingerprint density at radius 2 is 1.07 bits per heavy atom. The molecule has 2 saturated heterocycles. The number of aromatic amines is 2. The quantitative estimate of drug-likeness (QED) is 0.248. The van der Waals surface area contributed by atoms with Gasteiger partial charge in [-0.1, -0.05) is 29.4 Å². The number of nitrogens with one attached hydrogen (secondary N) is 2. The second-order valence-electron chi connectivity index (χ2n) is 13.9. The number of anilines is 2. The highest BCUT2D eigenvalue weighted by atomic mass is 79.9. The smallest absolute Gasteiger partial charge is 0.274 e. The van der Waals surface area contributed by atoms with Crippen LogP contribution in [0.5, 0.6) is 0 Å². The Bertz CT molecular complexity index is 2460. The molecule has 0 bridgehead atoms. The lowest BCUT2D eigenvalue weighted by molar-refractivity contribution is -0.132. The van der Waals surface area contributed by atoms with E-state index in [4.69, 9.17) is 0 Å². The molecule has 2 amide bonds. The zero-order valence-corrected chi connectivity index (χ0v) is 35.2. The SMILES string of the molecule is C.CC(=O)N1CCN(c2ncc(-c3ccc4c(=O)n(C)[nH]c4c3)cn2)C[C@H]1C.CC(=O)N1CCN(c2ncc(Br)cn2)C[C@H]1C.Cn1[nH]c2cc(Br)ccc2c1=O. The third kappa shape index (κ3) is 9.79. The summed E-state index contributed by atoms with van der Waals surface area (Å²) in [5.74, 6) is 1.63. The van der Waals surface area contributed by atoms with Gasteiger partial charge in [-0.05, 0) is 65.7 Å². The molecule has 0 unspecified atom stereocenters. The van der Waals surface area contributed by atoms with E-state index in [0.717, 1.165) is 75.2 Å². The highest BCUT2D eigenvalue weighted by molar-refractivity contribution is 9.10. The number of aromatic nitrogens is 8. The van der Waals surface area contributed by atoms with Crippen molar-refractivity contribution in [2.24, 2.45) is 14.1 Å². The normalized spacial score (nSPS) is 16.7. The molecule has 8 rings (SSSR count). The maximum Gasteiger partial charge on any atom is 0.274 e. The van der Waals surface area contributed by atoms with Crippen LogP contribution in [0.3, 0.4) is 0 Å². The number of amides is 2. The molecule has 57 heavy (non-hydrogen) atoms. The molecule has 0 radical (unpaired) electrons. The van der Waals surface area contributed by atoms with E-state index in [-0.39, 0.29) is 42.4 Å². The zero-order chi connectivity index (χ0) is 40.3. The van der Waals surface area contributed by atoms with Crippen LogP contribution in [-0.2, 0) is 23.7 Å². The standard InChI is InChI=1S/C19H22N6O2.C11H15BrN4O.C8H7BrN2O.CH4/c1-12-11-24(6-7-25(12)13(2)26)19-20-9-15(10-21-19)14-4-5-16-17(8-14)22-23(3)18(16)27;1-8-7-15(3-4-16(8)9(2)17)11-13-5-10(12)6-14-11;1-11-8(12)6-3-2-5(9)4-7(6)10-11;/h4-5,8-10,12,22H,6-7,11H2,1-3H3;5-6,8H,3-4,7H2,1-2H3;2-4,10H,1H3;1H4/t12-;8-;;/m11../s1. The fourth-order valence-corrected chi connectivity index (χ4v) is 7.50. The summed E-state index contributed by atoms with van der Waals surface area (Å²) in [6.45, 7) is 11.7. The third-order valence-corrected chi connectivity index (χ3v) is 10.8. The van der Waals surface area contributed by atoms with Crippen molar-refractivity contribution >= 4 is 77.4 Å². The van der Waals surface area contributed by atoms with E-state index in [0.29, 0.717) is 17.9 Å². The molecule has 6 aromatic rings. The summed E-state index contributed by atoms with van der Waals surface area (Å²) in [6, 6.07) is 11.5. The van der Waals surface area contributed by atoms with Crippen LogP contribution in [0.2, 0.25) is 0 Å². The summed E-state index contributed by atoms with van der Waals surface area (Å²) in [5.41, 5.74) is 3.46. The largest absolute Gasteiger partial charge is 0.337 e. The number of carbonyl (C=O) groups excluding carboxylic acids is 2. The summed E-state index contributed by atoms with van der Waals surface area (Å²) in [4.78, 5) is 71.9. The van der Waals surface area contributed by atoms with E-state index in [9.17, 15) is 19.2 Å². The number of nitrogens with zero attached hydrogens (tertiary/aromatic N) is 10. The Morgan fingerprint density at radius 1 is 0.632 bits per heavy atom. The van der Waals surface area contributed by atoms with Crippen molar-refractivity contribution in [1.29, 1.82) is 0 Å². The van der Waals surface area contributed by atoms with Gasteiger partial charge in [0, 0.05) is 114 Å². The van der Waals surface area contributed by atoms with Crippen LogP contribution < -0.4 is 20.9 Å². The highest BCUT2D eigenvalue weighted by Gasteiger charge is 2.27. The van der Waals surface area contributed by atoms with Gasteiger partial charge in [-0.25, -0.2) is 19.9 Å². The molecular weight excluding hydrogens is 860 g/mol. The summed E-state index contributed by atoms with van der Waals surface area (Å²) in [5, 5.41) is 7.37. The van der Waals surface area contributed by atoms with Gasteiger partial charge in [0.05, 0.1) is 26.3 Å². The monoisotopic (exact) mass is 906 g/mol. The van der Waals surface area contributed by atoms with Crippen molar-refractivity contribution in [2.45, 2.75) is 47.2 Å². The number of H-pyrrole nitrogens is 2. The average Bonchev–Trinajstić information content (AvgIpc) is 3.62. The molecule has 18 heteroatoms. The fraction of sp³-hybridized carbons (Fsp3) is 0.385. The molecule has 4 aromatic heterocycles. The summed E-state index contributed by atoms with van der Waals surface area (Å²) >= 11 is 6.65. The van der Waals surface area contributed by atoms with Gasteiger partial charge in [-0.2, -0.15) is 0 Å². The van der Waals surface area contributed by atoms with Crippen LogP contribution in [-0.4, -0.2) is 112 Å². The van der Waals surface area contributed by atoms with E-state index < -0.39 is 0 Å². The maximum atomic E-state index is 12.0. The molecule has 16 nitrogen and oxygen atoms in total. The zero-order valence-electron chi connectivity index (χ0n) is 32.0. The number of carbonyl (C=O) groups is 2. The number of halogens is 2. The molecule has 2 aliphatic rings. The van der Waals surface area contributed by atoms with E-state index in [2.05, 4.69) is 71.8 Å². The lowest BCUT2D eigenvalue weighted by Crippen LogP contribution is -2.53. The average molecular weight is 909 g/mol. The van der Waals surface area contributed by atoms with Gasteiger partial charge in [0.2, 0.25) is 23.7 Å². The molecule has 302 valence electrons. The number of piperazine rings is 2. The van der Waals surface area contributed by atoms with Crippen molar-refractivity contribution in [1.82, 2.24) is 49.3 Å². The Kier molecular flexibility index (Phi) is 13.7. The number of fused-ring (bicyclic) bond motifs is 2. The fourth-order valence-electron chi connectivity index (χ4n) is 6.94. The summed E-state index contributed by atoms with van der Waals surface area (Å²) in [7, 11) is 3.41. The van der Waals surface area contributed by atoms with Crippen LogP contribution in [0.15, 0.2) is 79.7 Å².